The Morgan fingerprint density at radius 3 is 2.26 bits per heavy atom. The number of halogens is 3. The molecule has 0 saturated heterocycles. The van der Waals surface area contributed by atoms with Crippen LogP contribution in [0.1, 0.15) is 15.9 Å². The molecule has 142 valence electrons. The molecule has 2 aromatic carbocycles. The highest BCUT2D eigenvalue weighted by Crippen LogP contribution is 2.30. The van der Waals surface area contributed by atoms with Gasteiger partial charge in [0, 0.05) is 6.08 Å². The Kier molecular flexibility index (Phi) is 6.07. The van der Waals surface area contributed by atoms with Crippen molar-refractivity contribution >= 4 is 18.0 Å². The van der Waals surface area contributed by atoms with Crippen LogP contribution < -0.4 is 14.2 Å². The molecule has 0 amide bonds. The molecule has 0 aromatic heterocycles. The molecule has 0 aliphatic carbocycles. The van der Waals surface area contributed by atoms with Crippen molar-refractivity contribution in [3.8, 4) is 17.2 Å². The second-order valence-corrected chi connectivity index (χ2v) is 5.04. The number of carboxylic acids is 1. The number of alkyl halides is 3. The van der Waals surface area contributed by atoms with Crippen molar-refractivity contribution in [1.82, 2.24) is 0 Å². The van der Waals surface area contributed by atoms with Crippen LogP contribution in [0.2, 0.25) is 0 Å². The first-order chi connectivity index (χ1) is 12.7. The molecule has 9 heteroatoms. The smallest absolute Gasteiger partial charge is 0.493 e. The molecule has 0 bridgehead atoms. The molecule has 0 spiro atoms. The van der Waals surface area contributed by atoms with Crippen molar-refractivity contribution in [1.29, 1.82) is 0 Å². The quantitative estimate of drug-likeness (QED) is 0.463. The Morgan fingerprint density at radius 2 is 1.70 bits per heavy atom. The number of hydrogen-bond donors (Lipinski definition) is 1. The van der Waals surface area contributed by atoms with Gasteiger partial charge in [-0.3, -0.25) is 0 Å². The second-order valence-electron chi connectivity index (χ2n) is 5.04. The van der Waals surface area contributed by atoms with Gasteiger partial charge in [0.25, 0.3) is 0 Å². The summed E-state index contributed by atoms with van der Waals surface area (Å²) < 4.78 is 50.4. The second kappa shape index (κ2) is 8.26. The molecule has 0 fully saturated rings. The number of hydrogen-bond acceptors (Lipinski definition) is 5. The fourth-order valence-corrected chi connectivity index (χ4v) is 1.99. The molecule has 6 nitrogen and oxygen atoms in total. The van der Waals surface area contributed by atoms with Gasteiger partial charge in [-0.25, -0.2) is 9.59 Å². The number of methoxy groups -OCH3 is 1. The van der Waals surface area contributed by atoms with Crippen LogP contribution >= 0.6 is 0 Å². The van der Waals surface area contributed by atoms with Crippen molar-refractivity contribution in [2.75, 3.05) is 7.11 Å². The predicted molar refractivity (Wildman–Crippen MR) is 87.7 cm³/mol. The van der Waals surface area contributed by atoms with E-state index in [0.717, 1.165) is 30.3 Å². The zero-order chi connectivity index (χ0) is 20.0. The lowest BCUT2D eigenvalue weighted by Gasteiger charge is -2.11. The molecule has 0 unspecified atom stereocenters. The lowest BCUT2D eigenvalue weighted by Crippen LogP contribution is -2.17. The summed E-state index contributed by atoms with van der Waals surface area (Å²) in [4.78, 5) is 22.7. The normalized spacial score (nSPS) is 11.3. The van der Waals surface area contributed by atoms with Gasteiger partial charge >= 0.3 is 18.3 Å². The van der Waals surface area contributed by atoms with Gasteiger partial charge in [-0.15, -0.1) is 13.2 Å². The van der Waals surface area contributed by atoms with Crippen LogP contribution in [0.25, 0.3) is 6.08 Å². The minimum absolute atomic E-state index is 0.00132. The monoisotopic (exact) mass is 382 g/mol. The molecule has 0 aliphatic rings. The molecule has 2 rings (SSSR count). The minimum atomic E-state index is -4.83. The lowest BCUT2D eigenvalue weighted by atomic mass is 10.2. The zero-order valence-corrected chi connectivity index (χ0v) is 13.8. The highest BCUT2D eigenvalue weighted by atomic mass is 19.4. The average molecular weight is 382 g/mol. The number of carboxylic acid groups (broad SMARTS) is 1. The summed E-state index contributed by atoms with van der Waals surface area (Å²) in [5.74, 6) is -2.17. The summed E-state index contributed by atoms with van der Waals surface area (Å²) in [6, 6.07) is 8.59. The van der Waals surface area contributed by atoms with Crippen molar-refractivity contribution in [2.24, 2.45) is 0 Å². The van der Waals surface area contributed by atoms with Gasteiger partial charge in [-0.05, 0) is 48.0 Å². The van der Waals surface area contributed by atoms with E-state index in [0.29, 0.717) is 5.56 Å². The van der Waals surface area contributed by atoms with Crippen molar-refractivity contribution in [3.63, 3.8) is 0 Å². The van der Waals surface area contributed by atoms with Gasteiger partial charge in [0.15, 0.2) is 11.5 Å². The van der Waals surface area contributed by atoms with Crippen molar-refractivity contribution < 1.29 is 42.1 Å². The maximum atomic E-state index is 12.1. The summed E-state index contributed by atoms with van der Waals surface area (Å²) in [5, 5.41) is 8.62. The molecule has 0 atom stereocenters. The topological polar surface area (TPSA) is 82.1 Å². The Labute approximate surface area is 151 Å². The number of carbonyl (C=O) groups excluding carboxylic acids is 1. The van der Waals surface area contributed by atoms with Gasteiger partial charge in [0.2, 0.25) is 0 Å². The van der Waals surface area contributed by atoms with E-state index in [1.54, 1.807) is 0 Å². The van der Waals surface area contributed by atoms with Crippen molar-refractivity contribution in [3.05, 3.63) is 59.7 Å². The van der Waals surface area contributed by atoms with Gasteiger partial charge < -0.3 is 19.3 Å². The van der Waals surface area contributed by atoms with Gasteiger partial charge in [-0.1, -0.05) is 6.07 Å². The molecule has 0 saturated carbocycles. The molecule has 2 aromatic rings. The first-order valence-corrected chi connectivity index (χ1v) is 7.35. The number of aliphatic carboxylic acids is 1. The average Bonchev–Trinajstić information content (AvgIpc) is 2.60. The number of ether oxygens (including phenoxy) is 3. The Bertz CT molecular complexity index is 856. The fourth-order valence-electron chi connectivity index (χ4n) is 1.99. The molecular weight excluding hydrogens is 369 g/mol. The maximum Gasteiger partial charge on any atom is 0.573 e. The van der Waals surface area contributed by atoms with Crippen LogP contribution in [0.3, 0.4) is 0 Å². The Balaban J connectivity index is 2.14. The summed E-state index contributed by atoms with van der Waals surface area (Å²) in [7, 11) is 1.33. The Hall–Kier alpha value is -3.49. The standard InChI is InChI=1S/C18H13F3O6/c1-25-15-10-11(3-9-16(22)23)2-8-14(15)26-17(24)12-4-6-13(7-5-12)27-18(19,20)21/h2-10H,1H3,(H,22,23). The summed E-state index contributed by atoms with van der Waals surface area (Å²) in [6.07, 6.45) is -2.56. The van der Waals surface area contributed by atoms with E-state index in [9.17, 15) is 22.8 Å². The van der Waals surface area contributed by atoms with E-state index in [1.807, 2.05) is 0 Å². The van der Waals surface area contributed by atoms with Crippen LogP contribution in [-0.4, -0.2) is 30.5 Å². The fraction of sp³-hybridized carbons (Fsp3) is 0.111. The first-order valence-electron chi connectivity index (χ1n) is 7.35. The largest absolute Gasteiger partial charge is 0.573 e. The lowest BCUT2D eigenvalue weighted by molar-refractivity contribution is -0.274. The molecular formula is C18H13F3O6. The highest BCUT2D eigenvalue weighted by Gasteiger charge is 2.31. The molecule has 27 heavy (non-hydrogen) atoms. The number of rotatable bonds is 6. The molecule has 0 aliphatic heterocycles. The third-order valence-corrected chi connectivity index (χ3v) is 3.13. The van der Waals surface area contributed by atoms with E-state index >= 15 is 0 Å². The van der Waals surface area contributed by atoms with Crippen molar-refractivity contribution in [2.45, 2.75) is 6.36 Å². The first kappa shape index (κ1) is 19.8. The summed E-state index contributed by atoms with van der Waals surface area (Å²) in [6.45, 7) is 0. The highest BCUT2D eigenvalue weighted by molar-refractivity contribution is 5.91. The number of benzene rings is 2. The number of esters is 1. The van der Waals surface area contributed by atoms with E-state index in [-0.39, 0.29) is 17.1 Å². The summed E-state index contributed by atoms with van der Waals surface area (Å²) in [5.41, 5.74) is 0.504. The van der Waals surface area contributed by atoms with Crippen LogP contribution in [0.15, 0.2) is 48.5 Å². The minimum Gasteiger partial charge on any atom is -0.493 e. The van der Waals surface area contributed by atoms with E-state index < -0.39 is 24.1 Å². The molecule has 1 N–H and O–H groups in total. The third-order valence-electron chi connectivity index (χ3n) is 3.13. The summed E-state index contributed by atoms with van der Waals surface area (Å²) >= 11 is 0. The third kappa shape index (κ3) is 6.07. The van der Waals surface area contributed by atoms with Gasteiger partial charge in [0.1, 0.15) is 5.75 Å². The predicted octanol–water partition coefficient (Wildman–Crippen LogP) is 3.91. The van der Waals surface area contributed by atoms with Crippen LogP contribution in [0.4, 0.5) is 13.2 Å². The van der Waals surface area contributed by atoms with E-state index in [4.69, 9.17) is 14.6 Å². The zero-order valence-electron chi connectivity index (χ0n) is 13.8. The van der Waals surface area contributed by atoms with Gasteiger partial charge in [-0.2, -0.15) is 0 Å². The van der Waals surface area contributed by atoms with Crippen LogP contribution in [0.5, 0.6) is 17.2 Å². The van der Waals surface area contributed by atoms with Crippen LogP contribution in [-0.2, 0) is 4.79 Å². The SMILES string of the molecule is COc1cc(C=CC(=O)O)ccc1OC(=O)c1ccc(OC(F)(F)F)cc1. The van der Waals surface area contributed by atoms with E-state index in [1.165, 1.54) is 31.4 Å². The molecule has 0 radical (unpaired) electrons. The molecule has 0 heterocycles. The van der Waals surface area contributed by atoms with Crippen LogP contribution in [0, 0.1) is 0 Å². The van der Waals surface area contributed by atoms with Gasteiger partial charge in [0.05, 0.1) is 12.7 Å². The maximum absolute atomic E-state index is 12.1. The number of carbonyl (C=O) groups is 2. The Morgan fingerprint density at radius 1 is 1.04 bits per heavy atom. The van der Waals surface area contributed by atoms with E-state index in [2.05, 4.69) is 4.74 Å².